The van der Waals surface area contributed by atoms with Crippen molar-refractivity contribution < 1.29 is 14.4 Å². The normalized spacial score (nSPS) is 24.3. The van der Waals surface area contributed by atoms with Crippen LogP contribution in [0.2, 0.25) is 0 Å². The fourth-order valence-corrected chi connectivity index (χ4v) is 0.824. The molecule has 0 saturated carbocycles. The smallest absolute Gasteiger partial charge is 0.346 e. The van der Waals surface area contributed by atoms with E-state index in [9.17, 15) is 9.59 Å². The molecule has 4 N–H and O–H groups in total. The van der Waals surface area contributed by atoms with Crippen molar-refractivity contribution in [2.24, 2.45) is 11.5 Å². The molecule has 6 nitrogen and oxygen atoms in total. The zero-order valence-electron chi connectivity index (χ0n) is 5.82. The van der Waals surface area contributed by atoms with Crippen LogP contribution in [0.25, 0.3) is 0 Å². The molecule has 1 fully saturated rings. The molecule has 1 heterocycles. The second-order valence-electron chi connectivity index (χ2n) is 2.19. The molecule has 6 heteroatoms. The number of hydrogen-bond acceptors (Lipinski definition) is 4. The van der Waals surface area contributed by atoms with Crippen LogP contribution in [0, 0.1) is 0 Å². The van der Waals surface area contributed by atoms with E-state index in [1.807, 2.05) is 0 Å². The van der Waals surface area contributed by atoms with Gasteiger partial charge in [0.05, 0.1) is 6.42 Å². The van der Waals surface area contributed by atoms with Crippen molar-refractivity contribution in [3.05, 3.63) is 0 Å². The molecule has 0 radical (unpaired) electrons. The summed E-state index contributed by atoms with van der Waals surface area (Å²) < 4.78 is 0. The SMILES string of the molecule is NCC1CC(=O)N(C(N)=O)O1. The number of carbonyl (C=O) groups excluding carboxylic acids is 2. The van der Waals surface area contributed by atoms with E-state index in [4.69, 9.17) is 16.3 Å². The molecule has 0 bridgehead atoms. The fourth-order valence-electron chi connectivity index (χ4n) is 0.824. The van der Waals surface area contributed by atoms with Crippen LogP contribution in [0.4, 0.5) is 4.79 Å². The second-order valence-corrected chi connectivity index (χ2v) is 2.19. The van der Waals surface area contributed by atoms with Gasteiger partial charge in [-0.05, 0) is 0 Å². The second kappa shape index (κ2) is 2.85. The first-order valence-corrected chi connectivity index (χ1v) is 3.14. The molecule has 0 aromatic carbocycles. The van der Waals surface area contributed by atoms with Gasteiger partial charge < -0.3 is 11.5 Å². The van der Waals surface area contributed by atoms with Gasteiger partial charge in [-0.3, -0.25) is 9.63 Å². The van der Waals surface area contributed by atoms with Crippen molar-refractivity contribution in [1.29, 1.82) is 0 Å². The number of nitrogens with zero attached hydrogens (tertiary/aromatic N) is 1. The maximum atomic E-state index is 10.8. The van der Waals surface area contributed by atoms with Crippen LogP contribution in [0.1, 0.15) is 6.42 Å². The fraction of sp³-hybridized carbons (Fsp3) is 0.600. The predicted molar refractivity (Wildman–Crippen MR) is 35.0 cm³/mol. The van der Waals surface area contributed by atoms with Crippen LogP contribution in [0.15, 0.2) is 0 Å². The lowest BCUT2D eigenvalue weighted by Crippen LogP contribution is -2.36. The summed E-state index contributed by atoms with van der Waals surface area (Å²) in [5.41, 5.74) is 10.0. The Kier molecular flexibility index (Phi) is 2.06. The summed E-state index contributed by atoms with van der Waals surface area (Å²) in [5, 5.41) is 0.539. The molecular weight excluding hydrogens is 150 g/mol. The standard InChI is InChI=1S/C5H9N3O3/c6-2-3-1-4(9)8(11-3)5(7)10/h3H,1-2,6H2,(H2,7,10). The van der Waals surface area contributed by atoms with E-state index in [-0.39, 0.29) is 13.0 Å². The Hall–Kier alpha value is -1.14. The van der Waals surface area contributed by atoms with Gasteiger partial charge in [0.1, 0.15) is 6.10 Å². The number of primary amides is 1. The van der Waals surface area contributed by atoms with Crippen LogP contribution >= 0.6 is 0 Å². The predicted octanol–water partition coefficient (Wildman–Crippen LogP) is -1.44. The lowest BCUT2D eigenvalue weighted by molar-refractivity contribution is -0.152. The van der Waals surface area contributed by atoms with Gasteiger partial charge in [-0.15, -0.1) is 5.06 Å². The molecule has 11 heavy (non-hydrogen) atoms. The molecule has 1 atom stereocenters. The lowest BCUT2D eigenvalue weighted by Gasteiger charge is -2.09. The highest BCUT2D eigenvalue weighted by Crippen LogP contribution is 2.12. The molecule has 0 spiro atoms. The number of rotatable bonds is 1. The molecule has 0 aromatic heterocycles. The van der Waals surface area contributed by atoms with Crippen molar-refractivity contribution in [2.75, 3.05) is 6.54 Å². The van der Waals surface area contributed by atoms with Crippen LogP contribution in [-0.2, 0) is 9.63 Å². The molecule has 1 unspecified atom stereocenters. The van der Waals surface area contributed by atoms with E-state index in [0.717, 1.165) is 0 Å². The van der Waals surface area contributed by atoms with Crippen LogP contribution < -0.4 is 11.5 Å². The van der Waals surface area contributed by atoms with Gasteiger partial charge >= 0.3 is 6.03 Å². The van der Waals surface area contributed by atoms with Crippen molar-refractivity contribution in [1.82, 2.24) is 5.06 Å². The van der Waals surface area contributed by atoms with Gasteiger partial charge in [-0.1, -0.05) is 0 Å². The third kappa shape index (κ3) is 1.47. The Balaban J connectivity index is 2.59. The first kappa shape index (κ1) is 7.96. The van der Waals surface area contributed by atoms with Crippen molar-refractivity contribution in [3.8, 4) is 0 Å². The molecule has 0 aromatic rings. The lowest BCUT2D eigenvalue weighted by atomic mass is 10.3. The van der Waals surface area contributed by atoms with Crippen molar-refractivity contribution in [3.63, 3.8) is 0 Å². The molecule has 3 amide bonds. The number of hydrogen-bond donors (Lipinski definition) is 2. The Morgan fingerprint density at radius 1 is 1.82 bits per heavy atom. The minimum absolute atomic E-state index is 0.124. The van der Waals surface area contributed by atoms with Crippen molar-refractivity contribution in [2.45, 2.75) is 12.5 Å². The van der Waals surface area contributed by atoms with E-state index < -0.39 is 18.0 Å². The summed E-state index contributed by atoms with van der Waals surface area (Å²) in [7, 11) is 0. The van der Waals surface area contributed by atoms with Gasteiger partial charge in [0.2, 0.25) is 0 Å². The largest absolute Gasteiger partial charge is 0.349 e. The quantitative estimate of drug-likeness (QED) is 0.489. The monoisotopic (exact) mass is 159 g/mol. The minimum atomic E-state index is -0.897. The van der Waals surface area contributed by atoms with Crippen LogP contribution in [0.3, 0.4) is 0 Å². The number of carbonyl (C=O) groups is 2. The number of imide groups is 1. The summed E-state index contributed by atoms with van der Waals surface area (Å²) in [6, 6.07) is -0.897. The minimum Gasteiger partial charge on any atom is -0.349 e. The molecule has 1 aliphatic heterocycles. The highest BCUT2D eigenvalue weighted by molar-refractivity contribution is 5.93. The number of nitrogens with two attached hydrogens (primary N) is 2. The van der Waals surface area contributed by atoms with Gasteiger partial charge in [-0.25, -0.2) is 4.79 Å². The summed E-state index contributed by atoms with van der Waals surface area (Å²) >= 11 is 0. The first-order chi connectivity index (χ1) is 5.15. The molecular formula is C5H9N3O3. The maximum absolute atomic E-state index is 10.8. The summed E-state index contributed by atoms with van der Waals surface area (Å²) in [6.07, 6.45) is -0.283. The number of amides is 3. The van der Waals surface area contributed by atoms with E-state index in [1.165, 1.54) is 0 Å². The molecule has 0 aliphatic carbocycles. The topological polar surface area (TPSA) is 98.7 Å². The zero-order valence-corrected chi connectivity index (χ0v) is 5.82. The zero-order chi connectivity index (χ0) is 8.43. The highest BCUT2D eigenvalue weighted by Gasteiger charge is 2.33. The maximum Gasteiger partial charge on any atom is 0.346 e. The molecule has 1 saturated heterocycles. The molecule has 1 aliphatic rings. The van der Waals surface area contributed by atoms with E-state index in [2.05, 4.69) is 0 Å². The summed E-state index contributed by atoms with van der Waals surface area (Å²) in [4.78, 5) is 26.0. The van der Waals surface area contributed by atoms with E-state index in [0.29, 0.717) is 5.06 Å². The Bertz CT molecular complexity index is 193. The third-order valence-electron chi connectivity index (χ3n) is 1.35. The van der Waals surface area contributed by atoms with Gasteiger partial charge in [0.25, 0.3) is 5.91 Å². The molecule has 62 valence electrons. The van der Waals surface area contributed by atoms with Crippen molar-refractivity contribution >= 4 is 11.9 Å². The van der Waals surface area contributed by atoms with E-state index in [1.54, 1.807) is 0 Å². The average molecular weight is 159 g/mol. The van der Waals surface area contributed by atoms with Gasteiger partial charge in [-0.2, -0.15) is 0 Å². The first-order valence-electron chi connectivity index (χ1n) is 3.14. The Labute approximate surface area is 63.0 Å². The van der Waals surface area contributed by atoms with Crippen LogP contribution in [0.5, 0.6) is 0 Å². The summed E-state index contributed by atoms with van der Waals surface area (Å²) in [6.45, 7) is 0.204. The van der Waals surface area contributed by atoms with Gasteiger partial charge in [0, 0.05) is 6.54 Å². The van der Waals surface area contributed by atoms with E-state index >= 15 is 0 Å². The highest BCUT2D eigenvalue weighted by atomic mass is 16.7. The number of urea groups is 1. The van der Waals surface area contributed by atoms with Crippen LogP contribution in [-0.4, -0.2) is 29.7 Å². The summed E-state index contributed by atoms with van der Waals surface area (Å²) in [5.74, 6) is -0.437. The van der Waals surface area contributed by atoms with Gasteiger partial charge in [0.15, 0.2) is 0 Å². The average Bonchev–Trinajstić information content (AvgIpc) is 2.30. The number of hydroxylamine groups is 2. The third-order valence-corrected chi connectivity index (χ3v) is 1.35. The molecule has 1 rings (SSSR count). The Morgan fingerprint density at radius 3 is 2.73 bits per heavy atom. The Morgan fingerprint density at radius 2 is 2.45 bits per heavy atom.